The smallest absolute Gasteiger partial charge is 0.404 e. The van der Waals surface area contributed by atoms with Crippen molar-refractivity contribution in [2.75, 3.05) is 19.0 Å². The predicted octanol–water partition coefficient (Wildman–Crippen LogP) is 2.37. The van der Waals surface area contributed by atoms with Crippen LogP contribution in [-0.2, 0) is 23.7 Å². The fourth-order valence-electron chi connectivity index (χ4n) is 1.34. The molecular formula is C13H17FeNO. The predicted molar refractivity (Wildman–Crippen MR) is 64.3 cm³/mol. The first-order valence-corrected chi connectivity index (χ1v) is 4.95. The molecule has 0 saturated heterocycles. The molecule has 2 aromatic rings. The Morgan fingerprint density at radius 1 is 1.25 bits per heavy atom. The average molecular weight is 259 g/mol. The van der Waals surface area contributed by atoms with Gasteiger partial charge in [-0.3, -0.25) is 0 Å². The molecule has 2 nitrogen and oxygen atoms in total. The zero-order chi connectivity index (χ0) is 11.1. The molecule has 2 aromatic carbocycles. The van der Waals surface area contributed by atoms with E-state index in [4.69, 9.17) is 5.11 Å². The van der Waals surface area contributed by atoms with Gasteiger partial charge in [-0.05, 0) is 0 Å². The Morgan fingerprint density at radius 3 is 2.19 bits per heavy atom. The fourth-order valence-corrected chi connectivity index (χ4v) is 1.34. The SMILES string of the molecule is CN(C)c1ccc[c-]1CO.[Fe+2].c1cc[cH-]c1. The molecule has 0 spiro atoms. The van der Waals surface area contributed by atoms with Gasteiger partial charge in [0.2, 0.25) is 0 Å². The number of hydrogen-bond acceptors (Lipinski definition) is 2. The summed E-state index contributed by atoms with van der Waals surface area (Å²) in [5.74, 6) is 0. The molecule has 0 atom stereocenters. The number of aliphatic hydroxyl groups is 1. The molecular weight excluding hydrogens is 242 g/mol. The Bertz CT molecular complexity index is 334. The molecule has 0 bridgehead atoms. The molecule has 0 saturated carbocycles. The van der Waals surface area contributed by atoms with Gasteiger partial charge in [-0.15, -0.1) is 5.56 Å². The van der Waals surface area contributed by atoms with Crippen molar-refractivity contribution in [3.63, 3.8) is 0 Å². The summed E-state index contributed by atoms with van der Waals surface area (Å²) in [6, 6.07) is 15.9. The maximum Gasteiger partial charge on any atom is 2.00 e. The zero-order valence-corrected chi connectivity index (χ0v) is 10.7. The first kappa shape index (κ1) is 15.0. The minimum atomic E-state index is 0. The number of hydrogen-bond donors (Lipinski definition) is 1. The second kappa shape index (κ2) is 8.17. The number of anilines is 1. The van der Waals surface area contributed by atoms with Crippen molar-refractivity contribution >= 4 is 5.69 Å². The number of nitrogens with zero attached hydrogens (tertiary/aromatic N) is 1. The third-order valence-electron chi connectivity index (χ3n) is 2.09. The van der Waals surface area contributed by atoms with Gasteiger partial charge in [0.05, 0.1) is 0 Å². The van der Waals surface area contributed by atoms with E-state index >= 15 is 0 Å². The monoisotopic (exact) mass is 259 g/mol. The molecule has 0 aliphatic rings. The fraction of sp³-hybridized carbons (Fsp3) is 0.231. The van der Waals surface area contributed by atoms with Gasteiger partial charge >= 0.3 is 17.1 Å². The van der Waals surface area contributed by atoms with Gasteiger partial charge in [0.25, 0.3) is 0 Å². The van der Waals surface area contributed by atoms with Crippen molar-refractivity contribution in [2.24, 2.45) is 0 Å². The van der Waals surface area contributed by atoms with Crippen molar-refractivity contribution in [3.8, 4) is 0 Å². The van der Waals surface area contributed by atoms with E-state index < -0.39 is 0 Å². The van der Waals surface area contributed by atoms with Crippen LogP contribution in [0, 0.1) is 0 Å². The third kappa shape index (κ3) is 4.67. The summed E-state index contributed by atoms with van der Waals surface area (Å²) in [5, 5.41) is 8.83. The van der Waals surface area contributed by atoms with E-state index in [1.165, 1.54) is 0 Å². The average Bonchev–Trinajstić information content (AvgIpc) is 2.92. The Labute approximate surface area is 108 Å². The van der Waals surface area contributed by atoms with Crippen LogP contribution in [-0.4, -0.2) is 19.2 Å². The molecule has 0 fully saturated rings. The number of rotatable bonds is 2. The molecule has 0 aromatic heterocycles. The zero-order valence-electron chi connectivity index (χ0n) is 9.57. The van der Waals surface area contributed by atoms with Crippen molar-refractivity contribution < 1.29 is 22.2 Å². The topological polar surface area (TPSA) is 23.5 Å². The maximum atomic E-state index is 8.83. The van der Waals surface area contributed by atoms with Crippen molar-refractivity contribution in [1.82, 2.24) is 0 Å². The van der Waals surface area contributed by atoms with E-state index in [1.807, 2.05) is 67.5 Å². The van der Waals surface area contributed by atoms with Crippen LogP contribution in [0.15, 0.2) is 48.5 Å². The Balaban J connectivity index is 0.000000318. The second-order valence-corrected chi connectivity index (χ2v) is 3.45. The Kier molecular flexibility index (Phi) is 7.65. The van der Waals surface area contributed by atoms with Gasteiger partial charge in [0.15, 0.2) is 0 Å². The van der Waals surface area contributed by atoms with E-state index in [2.05, 4.69) is 0 Å². The van der Waals surface area contributed by atoms with Crippen LogP contribution in [0.4, 0.5) is 5.69 Å². The van der Waals surface area contributed by atoms with E-state index in [-0.39, 0.29) is 23.7 Å². The van der Waals surface area contributed by atoms with Gasteiger partial charge in [-0.25, -0.2) is 18.2 Å². The molecule has 2 rings (SSSR count). The molecule has 88 valence electrons. The summed E-state index contributed by atoms with van der Waals surface area (Å²) in [6.07, 6.45) is 0. The van der Waals surface area contributed by atoms with Gasteiger partial charge in [0, 0.05) is 20.7 Å². The first-order chi connectivity index (χ1) is 7.25. The van der Waals surface area contributed by atoms with E-state index in [9.17, 15) is 0 Å². The van der Waals surface area contributed by atoms with Gasteiger partial charge in [-0.1, -0.05) is 5.69 Å². The van der Waals surface area contributed by atoms with Crippen LogP contribution in [0.2, 0.25) is 0 Å². The molecule has 0 heterocycles. The molecule has 0 amide bonds. The molecule has 16 heavy (non-hydrogen) atoms. The second-order valence-electron chi connectivity index (χ2n) is 3.45. The van der Waals surface area contributed by atoms with Crippen LogP contribution in [0.3, 0.4) is 0 Å². The maximum absolute atomic E-state index is 8.83. The van der Waals surface area contributed by atoms with Crippen LogP contribution >= 0.6 is 0 Å². The van der Waals surface area contributed by atoms with Gasteiger partial charge in [-0.2, -0.15) is 30.3 Å². The summed E-state index contributed by atoms with van der Waals surface area (Å²) >= 11 is 0. The molecule has 1 N–H and O–H groups in total. The molecule has 3 heteroatoms. The first-order valence-electron chi connectivity index (χ1n) is 4.95. The van der Waals surface area contributed by atoms with Crippen LogP contribution in [0.1, 0.15) is 5.56 Å². The number of aliphatic hydroxyl groups excluding tert-OH is 1. The molecule has 0 aliphatic carbocycles. The summed E-state index contributed by atoms with van der Waals surface area (Å²) in [7, 11) is 3.93. The van der Waals surface area contributed by atoms with Crippen LogP contribution < -0.4 is 4.90 Å². The van der Waals surface area contributed by atoms with Gasteiger partial charge < -0.3 is 10.0 Å². The van der Waals surface area contributed by atoms with E-state index in [0.717, 1.165) is 11.3 Å². The normalized spacial score (nSPS) is 8.69. The Hall–Kier alpha value is -1.02. The standard InChI is InChI=1S/C8H12NO.C5H5.Fe/c1-9(2)8-5-3-4-7(8)6-10;1-2-4-5-3-1;/h3-5,10H,6H2,1-2H3;1-5H;/q2*-1;+2. The Morgan fingerprint density at radius 2 is 1.88 bits per heavy atom. The summed E-state index contributed by atoms with van der Waals surface area (Å²) in [6.45, 7) is 0.126. The van der Waals surface area contributed by atoms with Crippen LogP contribution in [0.5, 0.6) is 0 Å². The summed E-state index contributed by atoms with van der Waals surface area (Å²) in [5.41, 5.74) is 2.09. The molecule has 0 unspecified atom stereocenters. The summed E-state index contributed by atoms with van der Waals surface area (Å²) in [4.78, 5) is 1.99. The van der Waals surface area contributed by atoms with E-state index in [0.29, 0.717) is 0 Å². The van der Waals surface area contributed by atoms with E-state index in [1.54, 1.807) is 0 Å². The van der Waals surface area contributed by atoms with Crippen molar-refractivity contribution in [1.29, 1.82) is 0 Å². The molecule has 0 aliphatic heterocycles. The minimum absolute atomic E-state index is 0. The largest absolute Gasteiger partial charge is 2.00 e. The minimum Gasteiger partial charge on any atom is -0.404 e. The third-order valence-corrected chi connectivity index (χ3v) is 2.09. The summed E-state index contributed by atoms with van der Waals surface area (Å²) < 4.78 is 0. The van der Waals surface area contributed by atoms with Crippen molar-refractivity contribution in [3.05, 3.63) is 54.1 Å². The molecule has 0 radical (unpaired) electrons. The van der Waals surface area contributed by atoms with Crippen molar-refractivity contribution in [2.45, 2.75) is 6.61 Å². The quantitative estimate of drug-likeness (QED) is 0.661. The van der Waals surface area contributed by atoms with Gasteiger partial charge in [0.1, 0.15) is 0 Å². The van der Waals surface area contributed by atoms with Crippen LogP contribution in [0.25, 0.3) is 0 Å².